The number of ether oxygens (including phenoxy) is 1. The smallest absolute Gasteiger partial charge is 0.156 e. The number of halogens is 1. The standard InChI is InChI=1S/C9H10BrN3O/c1-14-6-5-8-11-9-4-2-3-7(10)13(9)12-8/h2-4H,5-6H2,1H3. The van der Waals surface area contributed by atoms with E-state index in [0.717, 1.165) is 22.5 Å². The Kier molecular flexibility index (Phi) is 2.79. The van der Waals surface area contributed by atoms with E-state index in [1.807, 2.05) is 18.2 Å². The van der Waals surface area contributed by atoms with Crippen molar-refractivity contribution in [2.45, 2.75) is 6.42 Å². The topological polar surface area (TPSA) is 39.4 Å². The highest BCUT2D eigenvalue weighted by Gasteiger charge is 2.04. The molecule has 0 aromatic carbocycles. The molecule has 0 radical (unpaired) electrons. The van der Waals surface area contributed by atoms with Gasteiger partial charge in [0, 0.05) is 13.5 Å². The second-order valence-corrected chi connectivity index (χ2v) is 3.70. The summed E-state index contributed by atoms with van der Waals surface area (Å²) in [7, 11) is 1.67. The van der Waals surface area contributed by atoms with Crippen molar-refractivity contribution < 1.29 is 4.74 Å². The zero-order valence-electron chi connectivity index (χ0n) is 7.77. The Bertz CT molecular complexity index is 441. The van der Waals surface area contributed by atoms with Crippen molar-refractivity contribution >= 4 is 21.6 Å². The van der Waals surface area contributed by atoms with Gasteiger partial charge >= 0.3 is 0 Å². The molecule has 0 aliphatic carbocycles. The number of pyridine rings is 1. The highest BCUT2D eigenvalue weighted by Crippen LogP contribution is 2.11. The fourth-order valence-corrected chi connectivity index (χ4v) is 1.63. The summed E-state index contributed by atoms with van der Waals surface area (Å²) in [5.41, 5.74) is 0.852. The van der Waals surface area contributed by atoms with Crippen LogP contribution >= 0.6 is 15.9 Å². The number of methoxy groups -OCH3 is 1. The van der Waals surface area contributed by atoms with Crippen LogP contribution in [0.1, 0.15) is 5.82 Å². The molecule has 0 aliphatic heterocycles. The molecule has 2 heterocycles. The molecule has 0 unspecified atom stereocenters. The minimum Gasteiger partial charge on any atom is -0.384 e. The van der Waals surface area contributed by atoms with E-state index < -0.39 is 0 Å². The molecule has 0 atom stereocenters. The Hall–Kier alpha value is -0.940. The van der Waals surface area contributed by atoms with Crippen LogP contribution in [0.2, 0.25) is 0 Å². The molecule has 0 bridgehead atoms. The number of rotatable bonds is 3. The molecular formula is C9H10BrN3O. The first-order valence-electron chi connectivity index (χ1n) is 4.30. The Balaban J connectivity index is 2.36. The average molecular weight is 256 g/mol. The molecule has 0 fully saturated rings. The van der Waals surface area contributed by atoms with Gasteiger partial charge in [0.05, 0.1) is 6.61 Å². The van der Waals surface area contributed by atoms with Gasteiger partial charge < -0.3 is 4.74 Å². The molecule has 0 aliphatic rings. The number of fused-ring (bicyclic) bond motifs is 1. The van der Waals surface area contributed by atoms with E-state index in [2.05, 4.69) is 26.0 Å². The van der Waals surface area contributed by atoms with Crippen molar-refractivity contribution in [3.05, 3.63) is 28.6 Å². The molecule has 4 nitrogen and oxygen atoms in total. The number of nitrogens with zero attached hydrogens (tertiary/aromatic N) is 3. The first kappa shape index (κ1) is 9.61. The lowest BCUT2D eigenvalue weighted by molar-refractivity contribution is 0.200. The van der Waals surface area contributed by atoms with Crippen molar-refractivity contribution in [3.63, 3.8) is 0 Å². The van der Waals surface area contributed by atoms with E-state index in [4.69, 9.17) is 4.74 Å². The van der Waals surface area contributed by atoms with Crippen LogP contribution in [-0.2, 0) is 11.2 Å². The summed E-state index contributed by atoms with van der Waals surface area (Å²) in [6, 6.07) is 5.80. The Morgan fingerprint density at radius 3 is 3.07 bits per heavy atom. The highest BCUT2D eigenvalue weighted by atomic mass is 79.9. The van der Waals surface area contributed by atoms with Crippen molar-refractivity contribution in [1.82, 2.24) is 14.6 Å². The number of hydrogen-bond donors (Lipinski definition) is 0. The van der Waals surface area contributed by atoms with Gasteiger partial charge in [0.2, 0.25) is 0 Å². The number of hydrogen-bond acceptors (Lipinski definition) is 3. The molecule has 0 saturated carbocycles. The molecule has 2 aromatic heterocycles. The summed E-state index contributed by atoms with van der Waals surface area (Å²) in [5, 5.41) is 4.33. The third-order valence-electron chi connectivity index (χ3n) is 1.89. The molecular weight excluding hydrogens is 246 g/mol. The molecule has 2 rings (SSSR count). The van der Waals surface area contributed by atoms with Gasteiger partial charge in [-0.25, -0.2) is 9.50 Å². The van der Waals surface area contributed by atoms with Crippen LogP contribution in [0.15, 0.2) is 22.8 Å². The minimum atomic E-state index is 0.647. The van der Waals surface area contributed by atoms with Crippen LogP contribution in [-0.4, -0.2) is 28.3 Å². The van der Waals surface area contributed by atoms with Crippen LogP contribution in [0, 0.1) is 0 Å². The van der Waals surface area contributed by atoms with Gasteiger partial charge in [0.1, 0.15) is 4.60 Å². The Labute approximate surface area is 90.0 Å². The van der Waals surface area contributed by atoms with E-state index in [-0.39, 0.29) is 0 Å². The Morgan fingerprint density at radius 1 is 1.50 bits per heavy atom. The predicted molar refractivity (Wildman–Crippen MR) is 56.3 cm³/mol. The van der Waals surface area contributed by atoms with Crippen LogP contribution in [0.25, 0.3) is 5.65 Å². The molecule has 0 spiro atoms. The number of aromatic nitrogens is 3. The fourth-order valence-electron chi connectivity index (χ4n) is 1.22. The van der Waals surface area contributed by atoms with Crippen LogP contribution in [0.5, 0.6) is 0 Å². The van der Waals surface area contributed by atoms with Crippen LogP contribution in [0.4, 0.5) is 0 Å². The fraction of sp³-hybridized carbons (Fsp3) is 0.333. The molecule has 0 amide bonds. The third-order valence-corrected chi connectivity index (χ3v) is 2.49. The third kappa shape index (κ3) is 1.78. The van der Waals surface area contributed by atoms with Gasteiger partial charge in [0.25, 0.3) is 0 Å². The molecule has 74 valence electrons. The maximum atomic E-state index is 4.97. The summed E-state index contributed by atoms with van der Waals surface area (Å²) < 4.78 is 7.65. The van der Waals surface area contributed by atoms with Gasteiger partial charge in [-0.2, -0.15) is 5.10 Å². The first-order valence-corrected chi connectivity index (χ1v) is 5.09. The summed E-state index contributed by atoms with van der Waals surface area (Å²) in [4.78, 5) is 4.35. The lowest BCUT2D eigenvalue weighted by atomic mass is 10.4. The molecule has 5 heteroatoms. The maximum Gasteiger partial charge on any atom is 0.156 e. The van der Waals surface area contributed by atoms with Crippen molar-refractivity contribution in [2.24, 2.45) is 0 Å². The molecule has 0 N–H and O–H groups in total. The highest BCUT2D eigenvalue weighted by molar-refractivity contribution is 9.10. The van der Waals surface area contributed by atoms with Gasteiger partial charge in [-0.05, 0) is 28.1 Å². The van der Waals surface area contributed by atoms with E-state index in [9.17, 15) is 0 Å². The summed E-state index contributed by atoms with van der Waals surface area (Å²) in [5.74, 6) is 0.804. The second-order valence-electron chi connectivity index (χ2n) is 2.89. The van der Waals surface area contributed by atoms with E-state index >= 15 is 0 Å². The predicted octanol–water partition coefficient (Wildman–Crippen LogP) is 1.68. The van der Waals surface area contributed by atoms with Gasteiger partial charge in [0.15, 0.2) is 11.5 Å². The zero-order chi connectivity index (χ0) is 9.97. The molecule has 2 aromatic rings. The van der Waals surface area contributed by atoms with Crippen molar-refractivity contribution in [3.8, 4) is 0 Å². The normalized spacial score (nSPS) is 11.0. The van der Waals surface area contributed by atoms with Crippen LogP contribution in [0.3, 0.4) is 0 Å². The van der Waals surface area contributed by atoms with Gasteiger partial charge in [-0.15, -0.1) is 0 Å². The summed E-state index contributed by atoms with van der Waals surface area (Å²) >= 11 is 3.41. The monoisotopic (exact) mass is 255 g/mol. The zero-order valence-corrected chi connectivity index (χ0v) is 9.36. The van der Waals surface area contributed by atoms with E-state index in [1.165, 1.54) is 0 Å². The maximum absolute atomic E-state index is 4.97. The minimum absolute atomic E-state index is 0.647. The van der Waals surface area contributed by atoms with Crippen molar-refractivity contribution in [1.29, 1.82) is 0 Å². The summed E-state index contributed by atoms with van der Waals surface area (Å²) in [6.07, 6.45) is 0.741. The van der Waals surface area contributed by atoms with Gasteiger partial charge in [-0.1, -0.05) is 6.07 Å². The van der Waals surface area contributed by atoms with E-state index in [1.54, 1.807) is 11.6 Å². The average Bonchev–Trinajstić information content (AvgIpc) is 2.59. The first-order chi connectivity index (χ1) is 6.81. The molecule has 0 saturated heterocycles. The summed E-state index contributed by atoms with van der Waals surface area (Å²) in [6.45, 7) is 0.647. The second kappa shape index (κ2) is 4.06. The van der Waals surface area contributed by atoms with Crippen molar-refractivity contribution in [2.75, 3.05) is 13.7 Å². The molecule has 14 heavy (non-hydrogen) atoms. The van der Waals surface area contributed by atoms with Gasteiger partial charge in [-0.3, -0.25) is 0 Å². The SMILES string of the molecule is COCCc1nc2cccc(Br)n2n1. The lowest BCUT2D eigenvalue weighted by Gasteiger charge is -1.92. The van der Waals surface area contributed by atoms with E-state index in [0.29, 0.717) is 6.61 Å². The largest absolute Gasteiger partial charge is 0.384 e. The quantitative estimate of drug-likeness (QED) is 0.784. The lowest BCUT2D eigenvalue weighted by Crippen LogP contribution is -1.97. The van der Waals surface area contributed by atoms with Crippen LogP contribution < -0.4 is 0 Å². The Morgan fingerprint density at radius 2 is 2.36 bits per heavy atom.